The number of imidazole rings is 1. The van der Waals surface area contributed by atoms with Crippen molar-refractivity contribution in [2.75, 3.05) is 18.0 Å². The van der Waals surface area contributed by atoms with Crippen molar-refractivity contribution in [1.29, 1.82) is 0 Å². The van der Waals surface area contributed by atoms with Crippen LogP contribution in [0.25, 0.3) is 5.65 Å². The number of anilines is 1. The van der Waals surface area contributed by atoms with Gasteiger partial charge in [-0.2, -0.15) is 0 Å². The van der Waals surface area contributed by atoms with Crippen LogP contribution in [0.2, 0.25) is 5.02 Å². The fourth-order valence-corrected chi connectivity index (χ4v) is 3.36. The fraction of sp³-hybridized carbons (Fsp3) is 0.182. The van der Waals surface area contributed by atoms with Gasteiger partial charge < -0.3 is 10.2 Å². The lowest BCUT2D eigenvalue weighted by atomic mass is 10.2. The van der Waals surface area contributed by atoms with Crippen LogP contribution in [0.1, 0.15) is 16.9 Å². The molecule has 0 aliphatic carbocycles. The van der Waals surface area contributed by atoms with E-state index in [1.807, 2.05) is 18.3 Å². The Kier molecular flexibility index (Phi) is 6.37. The Labute approximate surface area is 183 Å². The summed E-state index contributed by atoms with van der Waals surface area (Å²) in [4.78, 5) is 22.6. The largest absolute Gasteiger partial charge is 0.353 e. The molecule has 0 radical (unpaired) electrons. The maximum absolute atomic E-state index is 12.2. The van der Waals surface area contributed by atoms with Crippen molar-refractivity contribution in [2.45, 2.75) is 12.5 Å². The Morgan fingerprint density at radius 1 is 1.10 bits per heavy atom. The van der Waals surface area contributed by atoms with Crippen molar-refractivity contribution in [2.24, 2.45) is 0 Å². The third-order valence-electron chi connectivity index (χ3n) is 4.78. The number of hydrogen-bond acceptors (Lipinski definition) is 5. The topological polar surface area (TPSA) is 75.4 Å². The summed E-state index contributed by atoms with van der Waals surface area (Å²) in [6.45, 7) is 1.55. The monoisotopic (exact) mass is 438 g/mol. The van der Waals surface area contributed by atoms with Crippen LogP contribution in [0.3, 0.4) is 0 Å². The van der Waals surface area contributed by atoms with E-state index < -0.39 is 0 Å². The molecule has 0 unspecified atom stereocenters. The second kappa shape index (κ2) is 9.53. The molecule has 1 atom stereocenters. The van der Waals surface area contributed by atoms with Gasteiger partial charge in [-0.15, -0.1) is 5.10 Å². The van der Waals surface area contributed by atoms with Gasteiger partial charge in [-0.25, -0.2) is 18.9 Å². The number of aromatic nitrogens is 4. The number of amides is 1. The second-order valence-corrected chi connectivity index (χ2v) is 7.42. The number of hydrogen-bond donors (Lipinski definition) is 1. The summed E-state index contributed by atoms with van der Waals surface area (Å²) in [7, 11) is 0. The zero-order chi connectivity index (χ0) is 21.6. The lowest BCUT2D eigenvalue weighted by molar-refractivity contribution is 0.0935. The number of carbonyl (C=O) groups is 1. The summed E-state index contributed by atoms with van der Waals surface area (Å²) in [5, 5.41) is 8.07. The minimum Gasteiger partial charge on any atom is -0.353 e. The van der Waals surface area contributed by atoms with Crippen LogP contribution in [0.15, 0.2) is 73.2 Å². The molecular weight excluding hydrogens is 419 g/mol. The zero-order valence-corrected chi connectivity index (χ0v) is 17.3. The Bertz CT molecular complexity index is 1150. The molecule has 1 N–H and O–H groups in total. The molecule has 4 aromatic rings. The highest BCUT2D eigenvalue weighted by Crippen LogP contribution is 2.18. The molecule has 3 aromatic heterocycles. The molecule has 1 amide bonds. The van der Waals surface area contributed by atoms with Gasteiger partial charge in [0.2, 0.25) is 0 Å². The van der Waals surface area contributed by atoms with E-state index in [9.17, 15) is 9.18 Å². The highest BCUT2D eigenvalue weighted by molar-refractivity contribution is 6.30. The summed E-state index contributed by atoms with van der Waals surface area (Å²) in [5.41, 5.74) is 1.19. The summed E-state index contributed by atoms with van der Waals surface area (Å²) in [6, 6.07) is 15.2. The smallest absolute Gasteiger partial charge is 0.270 e. The first kappa shape index (κ1) is 20.7. The molecule has 0 saturated carbocycles. The van der Waals surface area contributed by atoms with Gasteiger partial charge in [-0.1, -0.05) is 29.8 Å². The summed E-state index contributed by atoms with van der Waals surface area (Å²) in [6.07, 6.45) is 5.88. The number of carbonyl (C=O) groups excluding carboxylic acids is 1. The first-order valence-electron chi connectivity index (χ1n) is 9.77. The molecule has 5 rings (SSSR count). The van der Waals surface area contributed by atoms with Crippen LogP contribution in [0.5, 0.6) is 0 Å². The molecular formula is C22H20ClFN6O. The highest BCUT2D eigenvalue weighted by atomic mass is 35.5. The molecule has 0 bridgehead atoms. The van der Waals surface area contributed by atoms with E-state index in [4.69, 9.17) is 11.6 Å². The fourth-order valence-electron chi connectivity index (χ4n) is 3.24. The highest BCUT2D eigenvalue weighted by Gasteiger charge is 2.25. The molecule has 4 heterocycles. The lowest BCUT2D eigenvalue weighted by Gasteiger charge is -2.17. The molecule has 1 fully saturated rings. The number of nitrogens with one attached hydrogen (secondary N) is 1. The summed E-state index contributed by atoms with van der Waals surface area (Å²) < 4.78 is 13.7. The maximum Gasteiger partial charge on any atom is 0.270 e. The van der Waals surface area contributed by atoms with E-state index in [2.05, 4.69) is 25.3 Å². The number of pyridine rings is 1. The minimum absolute atomic E-state index is 0.0651. The molecule has 7 nitrogen and oxygen atoms in total. The normalized spacial score (nSPS) is 15.4. The van der Waals surface area contributed by atoms with Gasteiger partial charge in [-0.05, 0) is 42.8 Å². The third-order valence-corrected chi connectivity index (χ3v) is 5.01. The van der Waals surface area contributed by atoms with Gasteiger partial charge in [0, 0.05) is 37.7 Å². The van der Waals surface area contributed by atoms with E-state index in [1.54, 1.807) is 41.0 Å². The third kappa shape index (κ3) is 5.35. The number of benzene rings is 1. The predicted molar refractivity (Wildman–Crippen MR) is 117 cm³/mol. The Balaban J connectivity index is 0.000000282. The van der Waals surface area contributed by atoms with Crippen molar-refractivity contribution >= 4 is 29.0 Å². The van der Waals surface area contributed by atoms with Crippen molar-refractivity contribution < 1.29 is 9.18 Å². The van der Waals surface area contributed by atoms with Gasteiger partial charge in [0.1, 0.15) is 17.3 Å². The van der Waals surface area contributed by atoms with Crippen LogP contribution in [0.4, 0.5) is 10.2 Å². The molecule has 1 aliphatic rings. The molecule has 31 heavy (non-hydrogen) atoms. The van der Waals surface area contributed by atoms with Crippen molar-refractivity contribution in [3.8, 4) is 0 Å². The van der Waals surface area contributed by atoms with Crippen molar-refractivity contribution in [3.63, 3.8) is 0 Å². The zero-order valence-electron chi connectivity index (χ0n) is 16.5. The SMILES string of the molecule is Fc1ccccc1.O=C(N[C@H]1CCN(c2ccc3nccn3n2)C1)c1ccc(Cl)cn1. The van der Waals surface area contributed by atoms with E-state index >= 15 is 0 Å². The van der Waals surface area contributed by atoms with Crippen LogP contribution in [0, 0.1) is 5.82 Å². The quantitative estimate of drug-likeness (QED) is 0.529. The number of rotatable bonds is 3. The van der Waals surface area contributed by atoms with Gasteiger partial charge in [-0.3, -0.25) is 4.79 Å². The van der Waals surface area contributed by atoms with Crippen molar-refractivity contribution in [1.82, 2.24) is 24.9 Å². The first-order valence-corrected chi connectivity index (χ1v) is 10.1. The van der Waals surface area contributed by atoms with Crippen LogP contribution >= 0.6 is 11.6 Å². The molecule has 1 aliphatic heterocycles. The molecule has 9 heteroatoms. The van der Waals surface area contributed by atoms with Crippen LogP contribution in [-0.4, -0.2) is 44.6 Å². The minimum atomic E-state index is -0.184. The number of halogens is 2. The molecule has 0 spiro atoms. The second-order valence-electron chi connectivity index (χ2n) is 6.98. The van der Waals surface area contributed by atoms with E-state index in [0.717, 1.165) is 24.4 Å². The Morgan fingerprint density at radius 2 is 1.94 bits per heavy atom. The number of fused-ring (bicyclic) bond motifs is 1. The summed E-state index contributed by atoms with van der Waals surface area (Å²) in [5.74, 6) is 0.515. The standard InChI is InChI=1S/C16H15ClN6O.C6H5F/c17-11-1-2-13(19-9-11)16(24)20-12-5-7-22(10-12)15-4-3-14-18-6-8-23(14)21-15;7-6-4-2-1-3-5-6/h1-4,6,8-9,12H,5,7,10H2,(H,20,24);1-5H/t12-;/m0./s1. The van der Waals surface area contributed by atoms with Gasteiger partial charge >= 0.3 is 0 Å². The van der Waals surface area contributed by atoms with Crippen LogP contribution in [-0.2, 0) is 0 Å². The van der Waals surface area contributed by atoms with E-state index in [0.29, 0.717) is 17.3 Å². The molecule has 1 aromatic carbocycles. The Hall–Kier alpha value is -3.52. The van der Waals surface area contributed by atoms with Gasteiger partial charge in [0.15, 0.2) is 5.65 Å². The van der Waals surface area contributed by atoms with Gasteiger partial charge in [0.25, 0.3) is 5.91 Å². The first-order chi connectivity index (χ1) is 15.1. The Morgan fingerprint density at radius 3 is 2.65 bits per heavy atom. The summed E-state index contributed by atoms with van der Waals surface area (Å²) >= 11 is 5.79. The lowest BCUT2D eigenvalue weighted by Crippen LogP contribution is -2.37. The van der Waals surface area contributed by atoms with Crippen molar-refractivity contribution in [3.05, 3.63) is 89.7 Å². The molecule has 1 saturated heterocycles. The van der Waals surface area contributed by atoms with Crippen LogP contribution < -0.4 is 10.2 Å². The predicted octanol–water partition coefficient (Wildman–Crippen LogP) is 3.61. The average Bonchev–Trinajstić information content (AvgIpc) is 3.44. The van der Waals surface area contributed by atoms with E-state index in [1.165, 1.54) is 18.3 Å². The molecule has 158 valence electrons. The average molecular weight is 439 g/mol. The van der Waals surface area contributed by atoms with Gasteiger partial charge in [0.05, 0.1) is 5.02 Å². The maximum atomic E-state index is 12.2. The number of nitrogens with zero attached hydrogens (tertiary/aromatic N) is 5. The van der Waals surface area contributed by atoms with E-state index in [-0.39, 0.29) is 17.8 Å².